The van der Waals surface area contributed by atoms with Crippen molar-refractivity contribution >= 4 is 10.8 Å². The summed E-state index contributed by atoms with van der Waals surface area (Å²) in [6, 6.07) is 0. The molecule has 1 aliphatic heterocycles. The van der Waals surface area contributed by atoms with Crippen LogP contribution in [0.4, 0.5) is 0 Å². The lowest BCUT2D eigenvalue weighted by Crippen LogP contribution is -2.42. The molecule has 1 aliphatic carbocycles. The second-order valence-corrected chi connectivity index (χ2v) is 6.95. The fraction of sp³-hybridized carbons (Fsp3) is 0.846. The summed E-state index contributed by atoms with van der Waals surface area (Å²) in [6.07, 6.45) is 9.50. The molecule has 0 atom stereocenters. The Morgan fingerprint density at radius 2 is 2.00 bits per heavy atom. The normalized spacial score (nSPS) is 34.3. The lowest BCUT2D eigenvalue weighted by atomic mass is 9.91. The van der Waals surface area contributed by atoms with Gasteiger partial charge in [-0.2, -0.15) is 0 Å². The van der Waals surface area contributed by atoms with Crippen molar-refractivity contribution in [3.05, 3.63) is 11.8 Å². The highest BCUT2D eigenvalue weighted by molar-refractivity contribution is 7.86. The van der Waals surface area contributed by atoms with Crippen LogP contribution in [-0.4, -0.2) is 22.3 Å². The van der Waals surface area contributed by atoms with Crippen LogP contribution in [-0.2, 0) is 15.5 Å². The fourth-order valence-corrected chi connectivity index (χ4v) is 4.24. The van der Waals surface area contributed by atoms with E-state index >= 15 is 0 Å². The Balaban J connectivity index is 1.62. The van der Waals surface area contributed by atoms with Crippen LogP contribution in [0, 0.1) is 5.41 Å². The molecular formula is C13H22O2S. The summed E-state index contributed by atoms with van der Waals surface area (Å²) in [5.41, 5.74) is 1.77. The van der Waals surface area contributed by atoms with Gasteiger partial charge in [-0.15, -0.1) is 0 Å². The molecule has 0 aromatic rings. The third kappa shape index (κ3) is 3.34. The zero-order valence-corrected chi connectivity index (χ0v) is 11.0. The molecule has 1 heterocycles. The third-order valence-corrected chi connectivity index (χ3v) is 5.63. The van der Waals surface area contributed by atoms with Crippen LogP contribution in [0.3, 0.4) is 0 Å². The van der Waals surface area contributed by atoms with Gasteiger partial charge in [0.25, 0.3) is 0 Å². The predicted molar refractivity (Wildman–Crippen MR) is 67.7 cm³/mol. The molecule has 1 saturated carbocycles. The number of ether oxygens (including phenoxy) is 1. The Morgan fingerprint density at radius 1 is 1.31 bits per heavy atom. The summed E-state index contributed by atoms with van der Waals surface area (Å²) in [5.74, 6) is 1.74. The number of allylic oxidation sites excluding steroid dienone is 1. The summed E-state index contributed by atoms with van der Waals surface area (Å²) >= 11 is 0. The highest BCUT2D eigenvalue weighted by Crippen LogP contribution is 2.33. The summed E-state index contributed by atoms with van der Waals surface area (Å²) in [4.78, 5) is 0. The minimum Gasteiger partial charge on any atom is -0.501 e. The SMILES string of the molecule is CC1(CCOC=C2CCCCC2)CS(=O)C1. The zero-order valence-electron chi connectivity index (χ0n) is 10.2. The molecule has 0 bridgehead atoms. The summed E-state index contributed by atoms with van der Waals surface area (Å²) < 4.78 is 16.7. The first-order valence-corrected chi connectivity index (χ1v) is 7.81. The molecule has 0 aromatic heterocycles. The maximum Gasteiger partial charge on any atom is 0.0879 e. The minimum absolute atomic E-state index is 0.288. The van der Waals surface area contributed by atoms with Crippen LogP contribution in [0.25, 0.3) is 0 Å². The molecule has 0 unspecified atom stereocenters. The Morgan fingerprint density at radius 3 is 2.62 bits per heavy atom. The van der Waals surface area contributed by atoms with Crippen molar-refractivity contribution in [1.29, 1.82) is 0 Å². The molecule has 3 heteroatoms. The first kappa shape index (κ1) is 12.2. The molecule has 0 amide bonds. The molecule has 2 aliphatic rings. The van der Waals surface area contributed by atoms with Crippen molar-refractivity contribution in [2.24, 2.45) is 5.41 Å². The number of hydrogen-bond donors (Lipinski definition) is 0. The van der Waals surface area contributed by atoms with Crippen LogP contribution < -0.4 is 0 Å². The van der Waals surface area contributed by atoms with E-state index in [1.165, 1.54) is 37.7 Å². The smallest absolute Gasteiger partial charge is 0.0879 e. The standard InChI is InChI=1S/C13H22O2S/c1-13(10-16(14)11-13)7-8-15-9-12-5-3-2-4-6-12/h9H,2-8,10-11H2,1H3. The first-order valence-electron chi connectivity index (χ1n) is 6.32. The second kappa shape index (κ2) is 5.35. The van der Waals surface area contributed by atoms with E-state index in [0.29, 0.717) is 0 Å². The van der Waals surface area contributed by atoms with Gasteiger partial charge in [0.15, 0.2) is 0 Å². The Bertz CT molecular complexity index is 280. The average molecular weight is 242 g/mol. The van der Waals surface area contributed by atoms with E-state index in [1.54, 1.807) is 0 Å². The van der Waals surface area contributed by atoms with Crippen LogP contribution in [0.15, 0.2) is 11.8 Å². The maximum atomic E-state index is 11.1. The van der Waals surface area contributed by atoms with E-state index < -0.39 is 10.8 Å². The molecule has 1 saturated heterocycles. The van der Waals surface area contributed by atoms with Gasteiger partial charge in [0.2, 0.25) is 0 Å². The quantitative estimate of drug-likeness (QED) is 0.559. The van der Waals surface area contributed by atoms with E-state index in [-0.39, 0.29) is 5.41 Å². The summed E-state index contributed by atoms with van der Waals surface area (Å²) in [7, 11) is -0.542. The van der Waals surface area contributed by atoms with Gasteiger partial charge in [0.1, 0.15) is 0 Å². The minimum atomic E-state index is -0.542. The van der Waals surface area contributed by atoms with E-state index in [1.807, 2.05) is 6.26 Å². The molecular weight excluding hydrogens is 220 g/mol. The Kier molecular flexibility index (Phi) is 4.06. The van der Waals surface area contributed by atoms with Gasteiger partial charge in [-0.05, 0) is 43.1 Å². The highest BCUT2D eigenvalue weighted by atomic mass is 32.2. The molecule has 2 rings (SSSR count). The van der Waals surface area contributed by atoms with Crippen LogP contribution in [0.2, 0.25) is 0 Å². The van der Waals surface area contributed by atoms with Crippen molar-refractivity contribution in [3.63, 3.8) is 0 Å². The van der Waals surface area contributed by atoms with E-state index in [2.05, 4.69) is 6.92 Å². The van der Waals surface area contributed by atoms with Gasteiger partial charge in [0, 0.05) is 22.3 Å². The molecule has 0 radical (unpaired) electrons. The van der Waals surface area contributed by atoms with Crippen LogP contribution in [0.1, 0.15) is 45.4 Å². The van der Waals surface area contributed by atoms with Gasteiger partial charge >= 0.3 is 0 Å². The predicted octanol–water partition coefficient (Wildman–Crippen LogP) is 3.01. The van der Waals surface area contributed by atoms with Crippen LogP contribution >= 0.6 is 0 Å². The molecule has 0 N–H and O–H groups in total. The van der Waals surface area contributed by atoms with Gasteiger partial charge in [0.05, 0.1) is 12.9 Å². The Hall–Kier alpha value is -0.310. The first-order chi connectivity index (χ1) is 7.68. The van der Waals surface area contributed by atoms with E-state index in [0.717, 1.165) is 24.5 Å². The molecule has 92 valence electrons. The van der Waals surface area contributed by atoms with E-state index in [9.17, 15) is 4.21 Å². The molecule has 2 fully saturated rings. The van der Waals surface area contributed by atoms with Gasteiger partial charge in [-0.25, -0.2) is 0 Å². The largest absolute Gasteiger partial charge is 0.501 e. The number of hydrogen-bond acceptors (Lipinski definition) is 2. The van der Waals surface area contributed by atoms with Gasteiger partial charge < -0.3 is 4.74 Å². The van der Waals surface area contributed by atoms with Gasteiger partial charge in [-0.1, -0.05) is 13.3 Å². The average Bonchev–Trinajstić information content (AvgIpc) is 2.24. The maximum absolute atomic E-state index is 11.1. The molecule has 2 nitrogen and oxygen atoms in total. The zero-order chi connectivity index (χ0) is 11.4. The van der Waals surface area contributed by atoms with Crippen molar-refractivity contribution in [3.8, 4) is 0 Å². The summed E-state index contributed by atoms with van der Waals surface area (Å²) in [5, 5.41) is 0. The van der Waals surface area contributed by atoms with Crippen molar-refractivity contribution in [2.75, 3.05) is 18.1 Å². The van der Waals surface area contributed by atoms with Crippen molar-refractivity contribution < 1.29 is 8.95 Å². The lowest BCUT2D eigenvalue weighted by molar-refractivity contribution is 0.190. The topological polar surface area (TPSA) is 26.3 Å². The highest BCUT2D eigenvalue weighted by Gasteiger charge is 2.37. The van der Waals surface area contributed by atoms with E-state index in [4.69, 9.17) is 4.74 Å². The monoisotopic (exact) mass is 242 g/mol. The van der Waals surface area contributed by atoms with Crippen molar-refractivity contribution in [1.82, 2.24) is 0 Å². The number of rotatable bonds is 4. The fourth-order valence-electron chi connectivity index (χ4n) is 2.49. The molecule has 0 spiro atoms. The lowest BCUT2D eigenvalue weighted by Gasteiger charge is -2.36. The van der Waals surface area contributed by atoms with Crippen molar-refractivity contribution in [2.45, 2.75) is 45.4 Å². The molecule has 16 heavy (non-hydrogen) atoms. The molecule has 0 aromatic carbocycles. The third-order valence-electron chi connectivity index (χ3n) is 3.59. The second-order valence-electron chi connectivity index (χ2n) is 5.50. The van der Waals surface area contributed by atoms with Gasteiger partial charge in [-0.3, -0.25) is 4.21 Å². The Labute approximate surface area is 101 Å². The van der Waals surface area contributed by atoms with Crippen LogP contribution in [0.5, 0.6) is 0 Å². The summed E-state index contributed by atoms with van der Waals surface area (Å²) in [6.45, 7) is 3.00.